The van der Waals surface area contributed by atoms with Crippen molar-refractivity contribution in [1.29, 1.82) is 0 Å². The summed E-state index contributed by atoms with van der Waals surface area (Å²) in [5, 5.41) is 40.9. The van der Waals surface area contributed by atoms with Crippen LogP contribution in [-0.2, 0) is 6.42 Å². The fraction of sp³-hybridized carbons (Fsp3) is 0.793. The van der Waals surface area contributed by atoms with Crippen molar-refractivity contribution in [3.05, 3.63) is 22.3 Å². The third-order valence-electron chi connectivity index (χ3n) is 8.18. The van der Waals surface area contributed by atoms with E-state index in [1.54, 1.807) is 13.8 Å². The number of fused-ring (bicyclic) bond motifs is 1. The van der Waals surface area contributed by atoms with Crippen molar-refractivity contribution in [2.45, 2.75) is 143 Å². The second-order valence-corrected chi connectivity index (χ2v) is 12.2. The van der Waals surface area contributed by atoms with Gasteiger partial charge < -0.3 is 25.2 Å². The number of hydrogen-bond donors (Lipinski definition) is 4. The van der Waals surface area contributed by atoms with E-state index in [-0.39, 0.29) is 5.60 Å². The number of phenols is 1. The minimum Gasteiger partial charge on any atom is -0.507 e. The molecule has 4 N–H and O–H groups in total. The largest absolute Gasteiger partial charge is 0.507 e. The molecular formula is C29H50O5. The molecule has 5 heteroatoms. The molecule has 1 aliphatic rings. The van der Waals surface area contributed by atoms with Crippen LogP contribution in [0, 0.1) is 26.7 Å². The van der Waals surface area contributed by atoms with Crippen molar-refractivity contribution in [2.75, 3.05) is 0 Å². The molecule has 1 aromatic carbocycles. The van der Waals surface area contributed by atoms with Gasteiger partial charge in [0.25, 0.3) is 0 Å². The first-order valence-electron chi connectivity index (χ1n) is 13.2. The van der Waals surface area contributed by atoms with E-state index in [0.29, 0.717) is 30.9 Å². The molecule has 0 fully saturated rings. The Kier molecular flexibility index (Phi) is 9.51. The van der Waals surface area contributed by atoms with E-state index >= 15 is 0 Å². The molecule has 0 spiro atoms. The summed E-state index contributed by atoms with van der Waals surface area (Å²) in [6.45, 7) is 15.5. The van der Waals surface area contributed by atoms with Gasteiger partial charge in [0.05, 0.1) is 17.3 Å². The molecule has 0 saturated carbocycles. The second-order valence-electron chi connectivity index (χ2n) is 12.2. The van der Waals surface area contributed by atoms with Crippen LogP contribution in [0.25, 0.3) is 0 Å². The van der Waals surface area contributed by atoms with Crippen LogP contribution in [0.5, 0.6) is 11.5 Å². The van der Waals surface area contributed by atoms with Crippen molar-refractivity contribution in [1.82, 2.24) is 0 Å². The van der Waals surface area contributed by atoms with E-state index in [1.807, 2.05) is 27.7 Å². The SMILES string of the molecule is Cc1c(C)c2c(c(C)c1O)CCC(C)(CCCC(C)CCCC(C)(O)CCC(O)C(C)(C)O)O2. The minimum absolute atomic E-state index is 0.168. The Bertz CT molecular complexity index is 823. The van der Waals surface area contributed by atoms with Gasteiger partial charge in [-0.3, -0.25) is 0 Å². The zero-order valence-electron chi connectivity index (χ0n) is 22.9. The zero-order valence-corrected chi connectivity index (χ0v) is 22.9. The fourth-order valence-corrected chi connectivity index (χ4v) is 5.20. The van der Waals surface area contributed by atoms with Crippen LogP contribution in [0.4, 0.5) is 0 Å². The van der Waals surface area contributed by atoms with E-state index < -0.39 is 17.3 Å². The summed E-state index contributed by atoms with van der Waals surface area (Å²) < 4.78 is 6.56. The minimum atomic E-state index is -1.14. The molecule has 1 aliphatic heterocycles. The van der Waals surface area contributed by atoms with Crippen LogP contribution in [0.1, 0.15) is 115 Å². The number of rotatable bonds is 12. The Morgan fingerprint density at radius 2 is 1.56 bits per heavy atom. The molecule has 1 aromatic rings. The van der Waals surface area contributed by atoms with Crippen molar-refractivity contribution in [3.8, 4) is 11.5 Å². The molecule has 2 rings (SSSR count). The van der Waals surface area contributed by atoms with Gasteiger partial charge in [0.15, 0.2) is 0 Å². The number of benzene rings is 1. The summed E-state index contributed by atoms with van der Waals surface area (Å²) in [4.78, 5) is 0. The first-order valence-corrected chi connectivity index (χ1v) is 13.2. The molecule has 0 aromatic heterocycles. The van der Waals surface area contributed by atoms with E-state index in [4.69, 9.17) is 4.74 Å². The maximum atomic E-state index is 10.7. The van der Waals surface area contributed by atoms with Gasteiger partial charge in [-0.05, 0) is 116 Å². The van der Waals surface area contributed by atoms with E-state index in [0.717, 1.165) is 72.9 Å². The van der Waals surface area contributed by atoms with Crippen LogP contribution in [-0.4, -0.2) is 43.3 Å². The maximum Gasteiger partial charge on any atom is 0.127 e. The van der Waals surface area contributed by atoms with Gasteiger partial charge in [-0.1, -0.05) is 26.2 Å². The van der Waals surface area contributed by atoms with Gasteiger partial charge in [0.1, 0.15) is 17.1 Å². The fourth-order valence-electron chi connectivity index (χ4n) is 5.20. The molecule has 0 radical (unpaired) electrons. The van der Waals surface area contributed by atoms with E-state index in [1.165, 1.54) is 0 Å². The van der Waals surface area contributed by atoms with Gasteiger partial charge in [-0.25, -0.2) is 0 Å². The predicted octanol–water partition coefficient (Wildman–Crippen LogP) is 6.04. The highest BCUT2D eigenvalue weighted by Gasteiger charge is 2.34. The van der Waals surface area contributed by atoms with Crippen LogP contribution in [0.2, 0.25) is 0 Å². The number of aromatic hydroxyl groups is 1. The number of hydrogen-bond acceptors (Lipinski definition) is 5. The van der Waals surface area contributed by atoms with Crippen molar-refractivity contribution < 1.29 is 25.2 Å². The van der Waals surface area contributed by atoms with Gasteiger partial charge in [0.2, 0.25) is 0 Å². The number of aliphatic hydroxyl groups excluding tert-OH is 1. The highest BCUT2D eigenvalue weighted by molar-refractivity contribution is 5.58. The first-order chi connectivity index (χ1) is 15.6. The second kappa shape index (κ2) is 11.2. The summed E-state index contributed by atoms with van der Waals surface area (Å²) in [7, 11) is 0. The molecule has 34 heavy (non-hydrogen) atoms. The molecular weight excluding hydrogens is 428 g/mol. The monoisotopic (exact) mass is 478 g/mol. The molecule has 0 saturated heterocycles. The summed E-state index contributed by atoms with van der Waals surface area (Å²) in [5.41, 5.74) is 1.97. The average Bonchev–Trinajstić information content (AvgIpc) is 2.73. The highest BCUT2D eigenvalue weighted by Crippen LogP contribution is 2.44. The van der Waals surface area contributed by atoms with Gasteiger partial charge >= 0.3 is 0 Å². The highest BCUT2D eigenvalue weighted by atomic mass is 16.5. The quantitative estimate of drug-likeness (QED) is 0.294. The molecule has 4 atom stereocenters. The standard InChI is InChI=1S/C29H50O5/c1-19(11-9-15-28(7,33)17-14-24(30)27(5,6)32)12-10-16-29(8)18-13-23-22(4)25(31)20(2)21(3)26(23)34-29/h19,24,30-33H,9-18H2,1-8H3. The van der Waals surface area contributed by atoms with Crippen molar-refractivity contribution >= 4 is 0 Å². The predicted molar refractivity (Wildman–Crippen MR) is 139 cm³/mol. The third kappa shape index (κ3) is 7.60. The lowest BCUT2D eigenvalue weighted by Gasteiger charge is -2.38. The van der Waals surface area contributed by atoms with Crippen molar-refractivity contribution in [2.24, 2.45) is 5.92 Å². The van der Waals surface area contributed by atoms with Crippen LogP contribution >= 0.6 is 0 Å². The summed E-state index contributed by atoms with van der Waals surface area (Å²) in [6, 6.07) is 0. The molecule has 5 nitrogen and oxygen atoms in total. The normalized spacial score (nSPS) is 22.0. The Morgan fingerprint density at radius 1 is 0.941 bits per heavy atom. The van der Waals surface area contributed by atoms with Gasteiger partial charge in [-0.15, -0.1) is 0 Å². The molecule has 196 valence electrons. The van der Waals surface area contributed by atoms with E-state index in [9.17, 15) is 20.4 Å². The summed E-state index contributed by atoms with van der Waals surface area (Å²) in [5.74, 6) is 1.97. The Labute approximate surface area is 207 Å². The van der Waals surface area contributed by atoms with Gasteiger partial charge in [-0.2, -0.15) is 0 Å². The Hall–Kier alpha value is -1.30. The van der Waals surface area contributed by atoms with Crippen molar-refractivity contribution in [3.63, 3.8) is 0 Å². The van der Waals surface area contributed by atoms with Crippen LogP contribution < -0.4 is 4.74 Å². The maximum absolute atomic E-state index is 10.7. The topological polar surface area (TPSA) is 90.2 Å². The summed E-state index contributed by atoms with van der Waals surface area (Å²) in [6.07, 6.45) is 7.96. The lowest BCUT2D eigenvalue weighted by Crippen LogP contribution is -2.37. The molecule has 0 bridgehead atoms. The molecule has 0 amide bonds. The van der Waals surface area contributed by atoms with E-state index in [2.05, 4.69) is 13.8 Å². The Morgan fingerprint density at radius 3 is 2.18 bits per heavy atom. The Balaban J connectivity index is 1.77. The average molecular weight is 479 g/mol. The summed E-state index contributed by atoms with van der Waals surface area (Å²) >= 11 is 0. The number of aliphatic hydroxyl groups is 3. The smallest absolute Gasteiger partial charge is 0.127 e. The number of ether oxygens (including phenoxy) is 1. The lowest BCUT2D eigenvalue weighted by atomic mass is 9.83. The first kappa shape index (κ1) is 28.9. The molecule has 0 aliphatic carbocycles. The molecule has 1 heterocycles. The zero-order chi connectivity index (χ0) is 25.9. The third-order valence-corrected chi connectivity index (χ3v) is 8.18. The molecule has 4 unspecified atom stereocenters. The number of phenolic OH excluding ortho intramolecular Hbond substituents is 1. The van der Waals surface area contributed by atoms with Crippen LogP contribution in [0.3, 0.4) is 0 Å². The lowest BCUT2D eigenvalue weighted by molar-refractivity contribution is -0.0643. The van der Waals surface area contributed by atoms with Crippen LogP contribution in [0.15, 0.2) is 0 Å². The van der Waals surface area contributed by atoms with Gasteiger partial charge in [0, 0.05) is 5.56 Å².